The number of hydrogen-bond donors (Lipinski definition) is 0. The van der Waals surface area contributed by atoms with Crippen LogP contribution in [0.1, 0.15) is 36.9 Å². The maximum Gasteiger partial charge on any atom is 0.269 e. The Balaban J connectivity index is 1.55. The molecule has 1 heterocycles. The Morgan fingerprint density at radius 3 is 2.45 bits per heavy atom. The van der Waals surface area contributed by atoms with E-state index in [1.54, 1.807) is 41.1 Å². The highest BCUT2D eigenvalue weighted by Gasteiger charge is 2.30. The van der Waals surface area contributed by atoms with Crippen LogP contribution in [0, 0.1) is 16.0 Å². The van der Waals surface area contributed by atoms with E-state index < -0.39 is 4.92 Å². The topological polar surface area (TPSA) is 83.8 Å². The first kappa shape index (κ1) is 22.2. The van der Waals surface area contributed by atoms with Crippen molar-refractivity contribution in [1.82, 2.24) is 9.80 Å². The molecular formula is C24H27N3O4. The first-order valence-electron chi connectivity index (χ1n) is 10.4. The number of nitro groups is 1. The second kappa shape index (κ2) is 10.0. The van der Waals surface area contributed by atoms with Gasteiger partial charge in [-0.2, -0.15) is 0 Å². The van der Waals surface area contributed by atoms with E-state index in [-0.39, 0.29) is 29.5 Å². The fourth-order valence-corrected chi connectivity index (χ4v) is 3.78. The molecule has 0 saturated carbocycles. The fraction of sp³-hybridized carbons (Fsp3) is 0.333. The monoisotopic (exact) mass is 421 g/mol. The average Bonchev–Trinajstić information content (AvgIpc) is 2.82. The lowest BCUT2D eigenvalue weighted by Gasteiger charge is -2.34. The van der Waals surface area contributed by atoms with E-state index in [1.165, 1.54) is 12.1 Å². The first-order valence-corrected chi connectivity index (χ1v) is 10.4. The van der Waals surface area contributed by atoms with Crippen molar-refractivity contribution in [2.75, 3.05) is 20.1 Å². The SMILES string of the molecule is CC(c1cccc([N+](=O)[O-])c1)N(C)C(=O)C1CCN(C(=O)/C=C/c2ccccc2)CC1. The molecule has 2 aromatic carbocycles. The highest BCUT2D eigenvalue weighted by molar-refractivity contribution is 5.92. The second-order valence-electron chi connectivity index (χ2n) is 7.82. The number of nitro benzene ring substituents is 1. The van der Waals surface area contributed by atoms with Crippen molar-refractivity contribution in [3.8, 4) is 0 Å². The summed E-state index contributed by atoms with van der Waals surface area (Å²) in [6.07, 6.45) is 4.59. The largest absolute Gasteiger partial charge is 0.339 e. The van der Waals surface area contributed by atoms with Crippen LogP contribution in [0.15, 0.2) is 60.7 Å². The Morgan fingerprint density at radius 1 is 1.13 bits per heavy atom. The molecule has 0 bridgehead atoms. The zero-order valence-corrected chi connectivity index (χ0v) is 17.8. The number of piperidine rings is 1. The smallest absolute Gasteiger partial charge is 0.269 e. The molecule has 2 aromatic rings. The van der Waals surface area contributed by atoms with Gasteiger partial charge in [-0.05, 0) is 37.0 Å². The van der Waals surface area contributed by atoms with Gasteiger partial charge in [-0.1, -0.05) is 42.5 Å². The summed E-state index contributed by atoms with van der Waals surface area (Å²) in [4.78, 5) is 39.5. The average molecular weight is 421 g/mol. The van der Waals surface area contributed by atoms with Crippen molar-refractivity contribution in [2.24, 2.45) is 5.92 Å². The summed E-state index contributed by atoms with van der Waals surface area (Å²) in [5, 5.41) is 11.0. The summed E-state index contributed by atoms with van der Waals surface area (Å²) in [6.45, 7) is 2.94. The molecular weight excluding hydrogens is 394 g/mol. The predicted molar refractivity (Wildman–Crippen MR) is 119 cm³/mol. The summed E-state index contributed by atoms with van der Waals surface area (Å²) in [6, 6.07) is 15.8. The lowest BCUT2D eigenvalue weighted by atomic mass is 9.94. The Kier molecular flexibility index (Phi) is 7.18. The van der Waals surface area contributed by atoms with Gasteiger partial charge in [0.15, 0.2) is 0 Å². The lowest BCUT2D eigenvalue weighted by Crippen LogP contribution is -2.43. The van der Waals surface area contributed by atoms with Gasteiger partial charge in [0.2, 0.25) is 11.8 Å². The quantitative estimate of drug-likeness (QED) is 0.400. The van der Waals surface area contributed by atoms with Gasteiger partial charge in [-0.15, -0.1) is 0 Å². The number of amides is 2. The molecule has 0 aromatic heterocycles. The van der Waals surface area contributed by atoms with Gasteiger partial charge in [-0.3, -0.25) is 19.7 Å². The molecule has 0 N–H and O–H groups in total. The first-order chi connectivity index (χ1) is 14.9. The number of benzene rings is 2. The Bertz CT molecular complexity index is 966. The molecule has 2 amide bonds. The van der Waals surface area contributed by atoms with Crippen LogP contribution >= 0.6 is 0 Å². The number of non-ortho nitro benzene ring substituents is 1. The predicted octanol–water partition coefficient (Wildman–Crippen LogP) is 4.07. The van der Waals surface area contributed by atoms with Crippen molar-refractivity contribution < 1.29 is 14.5 Å². The van der Waals surface area contributed by atoms with Crippen LogP contribution in [-0.2, 0) is 9.59 Å². The number of rotatable bonds is 6. The summed E-state index contributed by atoms with van der Waals surface area (Å²) < 4.78 is 0. The third kappa shape index (κ3) is 5.57. The molecule has 1 aliphatic rings. The van der Waals surface area contributed by atoms with Crippen LogP contribution in [0.4, 0.5) is 5.69 Å². The summed E-state index contributed by atoms with van der Waals surface area (Å²) in [7, 11) is 1.73. The minimum atomic E-state index is -0.434. The van der Waals surface area contributed by atoms with Crippen LogP contribution in [0.3, 0.4) is 0 Å². The van der Waals surface area contributed by atoms with E-state index in [4.69, 9.17) is 0 Å². The lowest BCUT2D eigenvalue weighted by molar-refractivity contribution is -0.384. The molecule has 1 saturated heterocycles. The molecule has 31 heavy (non-hydrogen) atoms. The second-order valence-corrected chi connectivity index (χ2v) is 7.82. The van der Waals surface area contributed by atoms with Crippen LogP contribution in [-0.4, -0.2) is 46.7 Å². The molecule has 162 valence electrons. The number of carbonyl (C=O) groups excluding carboxylic acids is 2. The molecule has 3 rings (SSSR count). The highest BCUT2D eigenvalue weighted by atomic mass is 16.6. The minimum absolute atomic E-state index is 0.00549. The molecule has 1 atom stereocenters. The van der Waals surface area contributed by atoms with Gasteiger partial charge in [0.1, 0.15) is 0 Å². The highest BCUT2D eigenvalue weighted by Crippen LogP contribution is 2.27. The fourth-order valence-electron chi connectivity index (χ4n) is 3.78. The maximum atomic E-state index is 13.0. The van der Waals surface area contributed by atoms with Crippen LogP contribution in [0.25, 0.3) is 6.08 Å². The number of hydrogen-bond acceptors (Lipinski definition) is 4. The van der Waals surface area contributed by atoms with E-state index in [0.29, 0.717) is 25.9 Å². The molecule has 0 radical (unpaired) electrons. The minimum Gasteiger partial charge on any atom is -0.339 e. The van der Waals surface area contributed by atoms with Gasteiger partial charge in [-0.25, -0.2) is 0 Å². The zero-order valence-electron chi connectivity index (χ0n) is 17.8. The summed E-state index contributed by atoms with van der Waals surface area (Å²) in [5.41, 5.74) is 1.71. The van der Waals surface area contributed by atoms with E-state index in [9.17, 15) is 19.7 Å². The summed E-state index contributed by atoms with van der Waals surface area (Å²) in [5.74, 6) is -0.202. The van der Waals surface area contributed by atoms with E-state index in [0.717, 1.165) is 11.1 Å². The van der Waals surface area contributed by atoms with Gasteiger partial charge < -0.3 is 9.80 Å². The van der Waals surface area contributed by atoms with Crippen LogP contribution < -0.4 is 0 Å². The molecule has 0 spiro atoms. The molecule has 1 aliphatic heterocycles. The van der Waals surface area contributed by atoms with Crippen molar-refractivity contribution in [2.45, 2.75) is 25.8 Å². The Labute approximate surface area is 182 Å². The third-order valence-corrected chi connectivity index (χ3v) is 5.87. The van der Waals surface area contributed by atoms with E-state index in [1.807, 2.05) is 37.3 Å². The van der Waals surface area contributed by atoms with E-state index >= 15 is 0 Å². The van der Waals surface area contributed by atoms with Gasteiger partial charge in [0.05, 0.1) is 11.0 Å². The molecule has 1 fully saturated rings. The van der Waals surface area contributed by atoms with Crippen LogP contribution in [0.5, 0.6) is 0 Å². The van der Waals surface area contributed by atoms with Gasteiger partial charge >= 0.3 is 0 Å². The normalized spacial score (nSPS) is 15.6. The third-order valence-electron chi connectivity index (χ3n) is 5.87. The Morgan fingerprint density at radius 2 is 1.81 bits per heavy atom. The standard InChI is InChI=1S/C24H27N3O4/c1-18(21-9-6-10-22(17-21)27(30)31)25(2)24(29)20-13-15-26(16-14-20)23(28)12-11-19-7-4-3-5-8-19/h3-12,17-18,20H,13-16H2,1-2H3/b12-11+. The maximum absolute atomic E-state index is 13.0. The molecule has 7 nitrogen and oxygen atoms in total. The van der Waals surface area contributed by atoms with Crippen molar-refractivity contribution in [3.63, 3.8) is 0 Å². The van der Waals surface area contributed by atoms with E-state index in [2.05, 4.69) is 0 Å². The Hall–Kier alpha value is -3.48. The van der Waals surface area contributed by atoms with Crippen LogP contribution in [0.2, 0.25) is 0 Å². The molecule has 7 heteroatoms. The number of nitrogens with zero attached hydrogens (tertiary/aromatic N) is 3. The van der Waals surface area contributed by atoms with Gasteiger partial charge in [0.25, 0.3) is 5.69 Å². The number of likely N-dealkylation sites (tertiary alicyclic amines) is 1. The zero-order chi connectivity index (χ0) is 22.4. The van der Waals surface area contributed by atoms with Crippen molar-refractivity contribution >= 4 is 23.6 Å². The van der Waals surface area contributed by atoms with Crippen molar-refractivity contribution in [1.29, 1.82) is 0 Å². The molecule has 1 unspecified atom stereocenters. The van der Waals surface area contributed by atoms with Crippen molar-refractivity contribution in [3.05, 3.63) is 81.9 Å². The van der Waals surface area contributed by atoms with Gasteiger partial charge in [0, 0.05) is 44.3 Å². The summed E-state index contributed by atoms with van der Waals surface area (Å²) >= 11 is 0. The number of carbonyl (C=O) groups is 2. The molecule has 0 aliphatic carbocycles.